The summed E-state index contributed by atoms with van der Waals surface area (Å²) in [5, 5.41) is 3.21. The second-order valence-corrected chi connectivity index (χ2v) is 5.78. The highest BCUT2D eigenvalue weighted by molar-refractivity contribution is 5.79. The van der Waals surface area contributed by atoms with Crippen LogP contribution in [0.25, 0.3) is 0 Å². The number of nitrogens with one attached hydrogen (secondary N) is 1. The van der Waals surface area contributed by atoms with Crippen LogP contribution < -0.4 is 5.32 Å². The number of carbonyl (C=O) groups excluding carboxylic acids is 1. The van der Waals surface area contributed by atoms with E-state index in [1.165, 1.54) is 0 Å². The van der Waals surface area contributed by atoms with Crippen molar-refractivity contribution in [2.75, 3.05) is 13.1 Å². The minimum absolute atomic E-state index is 0.0932. The van der Waals surface area contributed by atoms with E-state index in [1.54, 1.807) is 0 Å². The van der Waals surface area contributed by atoms with Crippen molar-refractivity contribution in [1.82, 2.24) is 15.2 Å². The van der Waals surface area contributed by atoms with Crippen LogP contribution in [0.2, 0.25) is 0 Å². The van der Waals surface area contributed by atoms with E-state index in [4.69, 9.17) is 0 Å². The smallest absolute Gasteiger partial charge is 0.220 e. The molecule has 0 bridgehead atoms. The molecule has 0 radical (unpaired) electrons. The summed E-state index contributed by atoms with van der Waals surface area (Å²) in [6.07, 6.45) is 6.94. The number of hydrogen-bond donors (Lipinski definition) is 1. The van der Waals surface area contributed by atoms with Gasteiger partial charge in [-0.3, -0.25) is 14.7 Å². The van der Waals surface area contributed by atoms with Gasteiger partial charge in [-0.05, 0) is 44.4 Å². The van der Waals surface area contributed by atoms with Crippen LogP contribution in [-0.4, -0.2) is 34.4 Å². The van der Waals surface area contributed by atoms with E-state index in [1.807, 2.05) is 18.3 Å². The monoisotopic (exact) mass is 259 g/mol. The zero-order valence-corrected chi connectivity index (χ0v) is 11.3. The summed E-state index contributed by atoms with van der Waals surface area (Å²) in [5.41, 5.74) is 1.23. The Labute approximate surface area is 114 Å². The number of aromatic nitrogens is 1. The highest BCUT2D eigenvalue weighted by Gasteiger charge is 2.38. The van der Waals surface area contributed by atoms with Crippen molar-refractivity contribution in [1.29, 1.82) is 0 Å². The number of nitrogens with zero attached hydrogens (tertiary/aromatic N) is 2. The molecule has 0 aromatic carbocycles. The van der Waals surface area contributed by atoms with Crippen LogP contribution >= 0.6 is 0 Å². The second kappa shape index (κ2) is 5.29. The second-order valence-electron chi connectivity index (χ2n) is 5.78. The normalized spacial score (nSPS) is 28.3. The third-order valence-electron chi connectivity index (χ3n) is 4.38. The summed E-state index contributed by atoms with van der Waals surface area (Å²) in [5.74, 6) is 0.234. The molecule has 2 aliphatic rings. The van der Waals surface area contributed by atoms with Crippen LogP contribution in [0.15, 0.2) is 24.4 Å². The molecular formula is C15H21N3O. The van der Waals surface area contributed by atoms with Gasteiger partial charge in [0, 0.05) is 31.2 Å². The van der Waals surface area contributed by atoms with Crippen LogP contribution in [0.3, 0.4) is 0 Å². The van der Waals surface area contributed by atoms with Gasteiger partial charge in [-0.2, -0.15) is 0 Å². The lowest BCUT2D eigenvalue weighted by atomic mass is 9.89. The standard InChI is InChI=1S/C15H21N3O/c19-14-5-7-15(17-14)6-3-10-18(11-8-15)12-13-4-1-2-9-16-13/h1-2,4,9H,3,5-8,10-12H2,(H,17,19)/t15-/m1/s1. The van der Waals surface area contributed by atoms with Gasteiger partial charge in [0.25, 0.3) is 0 Å². The van der Waals surface area contributed by atoms with Crippen LogP contribution in [0.5, 0.6) is 0 Å². The molecule has 3 heterocycles. The lowest BCUT2D eigenvalue weighted by Gasteiger charge is -2.27. The quantitative estimate of drug-likeness (QED) is 0.879. The Morgan fingerprint density at radius 2 is 2.21 bits per heavy atom. The summed E-state index contributed by atoms with van der Waals surface area (Å²) in [7, 11) is 0. The zero-order valence-electron chi connectivity index (χ0n) is 11.3. The average Bonchev–Trinajstić information content (AvgIpc) is 2.67. The Kier molecular flexibility index (Phi) is 3.51. The molecule has 3 rings (SSSR count). The van der Waals surface area contributed by atoms with Crippen molar-refractivity contribution >= 4 is 5.91 Å². The summed E-state index contributed by atoms with van der Waals surface area (Å²) in [6.45, 7) is 3.08. The van der Waals surface area contributed by atoms with E-state index in [-0.39, 0.29) is 11.4 Å². The Hall–Kier alpha value is -1.42. The molecule has 19 heavy (non-hydrogen) atoms. The van der Waals surface area contributed by atoms with Gasteiger partial charge in [0.05, 0.1) is 5.69 Å². The van der Waals surface area contributed by atoms with Gasteiger partial charge >= 0.3 is 0 Å². The largest absolute Gasteiger partial charge is 0.351 e. The van der Waals surface area contributed by atoms with Crippen molar-refractivity contribution in [2.24, 2.45) is 0 Å². The first-order chi connectivity index (χ1) is 9.26. The van der Waals surface area contributed by atoms with Crippen molar-refractivity contribution in [3.05, 3.63) is 30.1 Å². The zero-order chi connectivity index (χ0) is 13.1. The van der Waals surface area contributed by atoms with Gasteiger partial charge < -0.3 is 5.32 Å². The Balaban J connectivity index is 1.60. The van der Waals surface area contributed by atoms with Crippen LogP contribution in [-0.2, 0) is 11.3 Å². The number of likely N-dealkylation sites (tertiary alicyclic amines) is 1. The molecule has 0 aliphatic carbocycles. The Morgan fingerprint density at radius 1 is 1.26 bits per heavy atom. The molecule has 1 aromatic heterocycles. The molecule has 2 saturated heterocycles. The Morgan fingerprint density at radius 3 is 2.95 bits per heavy atom. The van der Waals surface area contributed by atoms with Crippen molar-refractivity contribution in [3.63, 3.8) is 0 Å². The maximum Gasteiger partial charge on any atom is 0.220 e. The van der Waals surface area contributed by atoms with E-state index < -0.39 is 0 Å². The molecule has 2 aliphatic heterocycles. The first kappa shape index (κ1) is 12.6. The first-order valence-electron chi connectivity index (χ1n) is 7.19. The Bertz CT molecular complexity index is 448. The SMILES string of the molecule is O=C1CC[C@@]2(CCCN(Cc3ccccn3)CC2)N1. The highest BCUT2D eigenvalue weighted by atomic mass is 16.2. The van der Waals surface area contributed by atoms with Crippen molar-refractivity contribution in [2.45, 2.75) is 44.2 Å². The van der Waals surface area contributed by atoms with Crippen LogP contribution in [0.1, 0.15) is 37.8 Å². The maximum atomic E-state index is 11.5. The summed E-state index contributed by atoms with van der Waals surface area (Å²) >= 11 is 0. The number of hydrogen-bond acceptors (Lipinski definition) is 3. The van der Waals surface area contributed by atoms with E-state index in [0.29, 0.717) is 6.42 Å². The number of amides is 1. The molecule has 1 aromatic rings. The molecule has 4 nitrogen and oxygen atoms in total. The third kappa shape index (κ3) is 2.95. The van der Waals surface area contributed by atoms with Gasteiger partial charge in [-0.25, -0.2) is 0 Å². The molecular weight excluding hydrogens is 238 g/mol. The van der Waals surface area contributed by atoms with Crippen LogP contribution in [0.4, 0.5) is 0 Å². The fourth-order valence-corrected chi connectivity index (χ4v) is 3.28. The first-order valence-corrected chi connectivity index (χ1v) is 7.19. The molecule has 1 amide bonds. The summed E-state index contributed by atoms with van der Waals surface area (Å²) in [4.78, 5) is 18.3. The average molecular weight is 259 g/mol. The van der Waals surface area contributed by atoms with Gasteiger partial charge in [0.1, 0.15) is 0 Å². The van der Waals surface area contributed by atoms with Crippen molar-refractivity contribution in [3.8, 4) is 0 Å². The molecule has 0 saturated carbocycles. The van der Waals surface area contributed by atoms with E-state index in [9.17, 15) is 4.79 Å². The molecule has 2 fully saturated rings. The number of carbonyl (C=O) groups is 1. The molecule has 1 atom stereocenters. The minimum atomic E-state index is 0.0932. The number of pyridine rings is 1. The molecule has 1 N–H and O–H groups in total. The molecule has 4 heteroatoms. The van der Waals surface area contributed by atoms with E-state index in [2.05, 4.69) is 21.3 Å². The predicted octanol–water partition coefficient (Wildman–Crippen LogP) is 1.72. The lowest BCUT2D eigenvalue weighted by molar-refractivity contribution is -0.119. The minimum Gasteiger partial charge on any atom is -0.351 e. The number of rotatable bonds is 2. The lowest BCUT2D eigenvalue weighted by Crippen LogP contribution is -2.42. The van der Waals surface area contributed by atoms with Gasteiger partial charge in [0.15, 0.2) is 0 Å². The third-order valence-corrected chi connectivity index (χ3v) is 4.38. The summed E-state index contributed by atoms with van der Waals surface area (Å²) in [6, 6.07) is 6.08. The van der Waals surface area contributed by atoms with Gasteiger partial charge in [0.2, 0.25) is 5.91 Å². The topological polar surface area (TPSA) is 45.2 Å². The van der Waals surface area contributed by atoms with Crippen molar-refractivity contribution < 1.29 is 4.79 Å². The highest BCUT2D eigenvalue weighted by Crippen LogP contribution is 2.31. The van der Waals surface area contributed by atoms with E-state index >= 15 is 0 Å². The molecule has 102 valence electrons. The van der Waals surface area contributed by atoms with E-state index in [0.717, 1.165) is 51.0 Å². The van der Waals surface area contributed by atoms with Gasteiger partial charge in [-0.15, -0.1) is 0 Å². The van der Waals surface area contributed by atoms with Gasteiger partial charge in [-0.1, -0.05) is 6.07 Å². The fourth-order valence-electron chi connectivity index (χ4n) is 3.28. The predicted molar refractivity (Wildman–Crippen MR) is 73.5 cm³/mol. The molecule has 1 spiro atoms. The van der Waals surface area contributed by atoms with Crippen LogP contribution in [0, 0.1) is 0 Å². The molecule has 0 unspecified atom stereocenters. The fraction of sp³-hybridized carbons (Fsp3) is 0.600. The maximum absolute atomic E-state index is 11.5. The summed E-state index contributed by atoms with van der Waals surface area (Å²) < 4.78 is 0.